The minimum atomic E-state index is -0.334. The average molecular weight is 499 g/mol. The summed E-state index contributed by atoms with van der Waals surface area (Å²) in [6.45, 7) is 3.99. The van der Waals surface area contributed by atoms with Crippen LogP contribution < -0.4 is 5.56 Å². The van der Waals surface area contributed by atoms with Gasteiger partial charge < -0.3 is 4.52 Å². The van der Waals surface area contributed by atoms with Crippen LogP contribution in [0.1, 0.15) is 17.0 Å². The van der Waals surface area contributed by atoms with Crippen molar-refractivity contribution in [3.8, 4) is 17.1 Å². The van der Waals surface area contributed by atoms with Crippen molar-refractivity contribution < 1.29 is 8.91 Å². The summed E-state index contributed by atoms with van der Waals surface area (Å²) in [5.74, 6) is 1.23. The number of halogens is 1. The van der Waals surface area contributed by atoms with Gasteiger partial charge in [0.2, 0.25) is 5.78 Å². The van der Waals surface area contributed by atoms with Gasteiger partial charge >= 0.3 is 0 Å². The molecule has 0 atom stereocenters. The number of aromatic nitrogens is 6. The lowest BCUT2D eigenvalue weighted by molar-refractivity contribution is 0.425. The van der Waals surface area contributed by atoms with Gasteiger partial charge in [0, 0.05) is 5.56 Å². The Morgan fingerprint density at radius 1 is 1.00 bits per heavy atom. The van der Waals surface area contributed by atoms with Crippen molar-refractivity contribution in [3.63, 3.8) is 0 Å². The maximum absolute atomic E-state index is 13.5. The zero-order chi connectivity index (χ0) is 24.8. The number of fused-ring (bicyclic) bond motifs is 3. The summed E-state index contributed by atoms with van der Waals surface area (Å²) in [7, 11) is 0. The molecule has 0 bridgehead atoms. The molecule has 0 aliphatic heterocycles. The maximum atomic E-state index is 13.5. The fourth-order valence-electron chi connectivity index (χ4n) is 4.20. The summed E-state index contributed by atoms with van der Waals surface area (Å²) < 4.78 is 22.1. The van der Waals surface area contributed by atoms with Crippen LogP contribution in [-0.4, -0.2) is 29.3 Å². The van der Waals surface area contributed by atoms with E-state index < -0.39 is 0 Å². The molecule has 8 nitrogen and oxygen atoms in total. The van der Waals surface area contributed by atoms with Gasteiger partial charge in [-0.15, -0.1) is 10.2 Å². The van der Waals surface area contributed by atoms with E-state index in [1.165, 1.54) is 23.9 Å². The zero-order valence-electron chi connectivity index (χ0n) is 19.3. The molecule has 0 unspecified atom stereocenters. The van der Waals surface area contributed by atoms with E-state index in [9.17, 15) is 9.18 Å². The van der Waals surface area contributed by atoms with Crippen molar-refractivity contribution >= 4 is 28.4 Å². The minimum absolute atomic E-state index is 0.156. The Labute approximate surface area is 208 Å². The fourth-order valence-corrected chi connectivity index (χ4v) is 4.98. The third kappa shape index (κ3) is 3.75. The number of nitrogens with zero attached hydrogens (tertiary/aromatic N) is 6. The second-order valence-corrected chi connectivity index (χ2v) is 9.32. The summed E-state index contributed by atoms with van der Waals surface area (Å²) in [6.07, 6.45) is 0. The molecule has 0 aliphatic rings. The van der Waals surface area contributed by atoms with E-state index in [0.29, 0.717) is 44.9 Å². The number of hydrogen-bond donors (Lipinski definition) is 0. The van der Waals surface area contributed by atoms with Crippen molar-refractivity contribution in [1.29, 1.82) is 0 Å². The summed E-state index contributed by atoms with van der Waals surface area (Å²) in [5, 5.41) is 14.0. The topological polar surface area (TPSA) is 91.1 Å². The number of rotatable bonds is 5. The molecule has 178 valence electrons. The minimum Gasteiger partial charge on any atom is -0.334 e. The highest BCUT2D eigenvalue weighted by molar-refractivity contribution is 7.98. The molecule has 3 heterocycles. The molecule has 3 aromatic heterocycles. The van der Waals surface area contributed by atoms with E-state index in [4.69, 9.17) is 4.52 Å². The first-order chi connectivity index (χ1) is 17.5. The molecule has 0 aliphatic carbocycles. The molecule has 0 amide bonds. The van der Waals surface area contributed by atoms with E-state index in [0.717, 1.165) is 16.8 Å². The van der Waals surface area contributed by atoms with E-state index in [2.05, 4.69) is 20.3 Å². The van der Waals surface area contributed by atoms with Crippen LogP contribution in [0.2, 0.25) is 0 Å². The second-order valence-electron chi connectivity index (χ2n) is 8.38. The average Bonchev–Trinajstić information content (AvgIpc) is 3.52. The molecule has 0 N–H and O–H groups in total. The van der Waals surface area contributed by atoms with E-state index in [1.54, 1.807) is 22.8 Å². The first-order valence-corrected chi connectivity index (χ1v) is 12.2. The van der Waals surface area contributed by atoms with Crippen LogP contribution in [0.4, 0.5) is 4.39 Å². The Morgan fingerprint density at radius 3 is 2.61 bits per heavy atom. The summed E-state index contributed by atoms with van der Waals surface area (Å²) in [5.41, 5.74) is 4.02. The standard InChI is InChI=1S/C26H19FN6O2S/c1-15-7-12-20(16(2)13-15)32-24(34)19-5-3-4-6-21(19)33-25(32)29-30-26(33)36-14-22-28-23(35-31-22)17-8-10-18(27)11-9-17/h3-13H,14H2,1-2H3. The molecular weight excluding hydrogens is 479 g/mol. The Bertz CT molecular complexity index is 1810. The Hall–Kier alpha value is -4.31. The van der Waals surface area contributed by atoms with Crippen LogP contribution in [-0.2, 0) is 5.75 Å². The van der Waals surface area contributed by atoms with Crippen LogP contribution in [0.5, 0.6) is 0 Å². The number of thioether (sulfide) groups is 1. The molecule has 6 aromatic rings. The van der Waals surface area contributed by atoms with Gasteiger partial charge in [0.05, 0.1) is 22.3 Å². The van der Waals surface area contributed by atoms with Gasteiger partial charge in [-0.3, -0.25) is 9.20 Å². The fraction of sp³-hybridized carbons (Fsp3) is 0.115. The predicted molar refractivity (Wildman–Crippen MR) is 135 cm³/mol. The molecule has 0 saturated carbocycles. The van der Waals surface area contributed by atoms with Gasteiger partial charge in [-0.05, 0) is 61.9 Å². The Morgan fingerprint density at radius 2 is 1.81 bits per heavy atom. The first kappa shape index (κ1) is 22.2. The highest BCUT2D eigenvalue weighted by Crippen LogP contribution is 2.27. The van der Waals surface area contributed by atoms with Gasteiger partial charge in [-0.2, -0.15) is 4.98 Å². The van der Waals surface area contributed by atoms with Crippen LogP contribution in [0.25, 0.3) is 33.8 Å². The maximum Gasteiger partial charge on any atom is 0.267 e. The van der Waals surface area contributed by atoms with Gasteiger partial charge in [0.1, 0.15) is 5.82 Å². The van der Waals surface area contributed by atoms with Crippen molar-refractivity contribution in [3.05, 3.63) is 99.9 Å². The van der Waals surface area contributed by atoms with Crippen molar-refractivity contribution in [2.24, 2.45) is 0 Å². The van der Waals surface area contributed by atoms with Crippen molar-refractivity contribution in [1.82, 2.24) is 29.3 Å². The van der Waals surface area contributed by atoms with Crippen LogP contribution >= 0.6 is 11.8 Å². The van der Waals surface area contributed by atoms with E-state index >= 15 is 0 Å². The number of benzene rings is 3. The van der Waals surface area contributed by atoms with Crippen molar-refractivity contribution in [2.75, 3.05) is 0 Å². The van der Waals surface area contributed by atoms with Crippen LogP contribution in [0.15, 0.2) is 81.2 Å². The van der Waals surface area contributed by atoms with Crippen molar-refractivity contribution in [2.45, 2.75) is 24.8 Å². The van der Waals surface area contributed by atoms with E-state index in [-0.39, 0.29) is 11.4 Å². The van der Waals surface area contributed by atoms with E-state index in [1.807, 2.05) is 54.6 Å². The summed E-state index contributed by atoms with van der Waals surface area (Å²) >= 11 is 1.38. The SMILES string of the molecule is Cc1ccc(-n2c(=O)c3ccccc3n3c(SCc4noc(-c5ccc(F)cc5)n4)nnc23)c(C)c1. The zero-order valence-corrected chi connectivity index (χ0v) is 20.2. The molecule has 0 spiro atoms. The van der Waals surface area contributed by atoms with Gasteiger partial charge in [-0.25, -0.2) is 8.96 Å². The number of aryl methyl sites for hydroxylation is 2. The highest BCUT2D eigenvalue weighted by atomic mass is 32.2. The smallest absolute Gasteiger partial charge is 0.267 e. The second kappa shape index (κ2) is 8.72. The summed E-state index contributed by atoms with van der Waals surface area (Å²) in [6, 6.07) is 19.2. The molecule has 3 aromatic carbocycles. The van der Waals surface area contributed by atoms with Gasteiger partial charge in [0.15, 0.2) is 11.0 Å². The Kier molecular flexibility index (Phi) is 5.37. The first-order valence-electron chi connectivity index (χ1n) is 11.2. The molecule has 10 heteroatoms. The lowest BCUT2D eigenvalue weighted by Gasteiger charge is -2.13. The molecule has 0 radical (unpaired) electrons. The lowest BCUT2D eigenvalue weighted by Crippen LogP contribution is -2.22. The number of para-hydroxylation sites is 1. The van der Waals surface area contributed by atoms with Gasteiger partial charge in [0.25, 0.3) is 11.4 Å². The van der Waals surface area contributed by atoms with Gasteiger partial charge in [-0.1, -0.05) is 46.7 Å². The van der Waals surface area contributed by atoms with Crippen LogP contribution in [0, 0.1) is 19.7 Å². The highest BCUT2D eigenvalue weighted by Gasteiger charge is 2.19. The molecule has 6 rings (SSSR count). The Balaban J connectivity index is 1.42. The largest absolute Gasteiger partial charge is 0.334 e. The molecule has 0 fully saturated rings. The summed E-state index contributed by atoms with van der Waals surface area (Å²) in [4.78, 5) is 18.0. The monoisotopic (exact) mass is 498 g/mol. The molecular formula is C26H19FN6O2S. The normalized spacial score (nSPS) is 11.5. The quantitative estimate of drug-likeness (QED) is 0.304. The van der Waals surface area contributed by atoms with Crippen LogP contribution in [0.3, 0.4) is 0 Å². The molecule has 36 heavy (non-hydrogen) atoms. The predicted octanol–water partition coefficient (Wildman–Crippen LogP) is 5.13. The lowest BCUT2D eigenvalue weighted by atomic mass is 10.1. The third-order valence-corrected chi connectivity index (χ3v) is 6.80. The third-order valence-electron chi connectivity index (χ3n) is 5.88. The number of hydrogen-bond acceptors (Lipinski definition) is 7. The molecule has 0 saturated heterocycles.